The maximum atomic E-state index is 13.3. The summed E-state index contributed by atoms with van der Waals surface area (Å²) in [7, 11) is 1.32. The average molecular weight is 457 g/mol. The summed E-state index contributed by atoms with van der Waals surface area (Å²) in [5.74, 6) is -1.20. The van der Waals surface area contributed by atoms with Crippen LogP contribution in [0.1, 0.15) is 42.6 Å². The number of fused-ring (bicyclic) bond motifs is 1. The first-order valence-electron chi connectivity index (χ1n) is 10.4. The Labute approximate surface area is 188 Å². The van der Waals surface area contributed by atoms with Gasteiger partial charge in [0.2, 0.25) is 0 Å². The van der Waals surface area contributed by atoms with E-state index in [0.717, 1.165) is 5.56 Å². The number of nitriles is 1. The molecule has 1 fully saturated rings. The van der Waals surface area contributed by atoms with E-state index in [1.807, 2.05) is 0 Å². The van der Waals surface area contributed by atoms with Gasteiger partial charge in [0.25, 0.3) is 0 Å². The van der Waals surface area contributed by atoms with Crippen LogP contribution in [0.4, 0.5) is 13.2 Å². The number of methoxy groups -OCH3 is 1. The van der Waals surface area contributed by atoms with Gasteiger partial charge in [0.05, 0.1) is 30.5 Å². The van der Waals surface area contributed by atoms with Gasteiger partial charge in [0.15, 0.2) is 5.78 Å². The molecule has 0 amide bonds. The van der Waals surface area contributed by atoms with Gasteiger partial charge in [-0.2, -0.15) is 14.0 Å². The molecule has 0 N–H and O–H groups in total. The molecule has 0 aliphatic heterocycles. The third-order valence-corrected chi connectivity index (χ3v) is 5.87. The van der Waals surface area contributed by atoms with E-state index in [1.165, 1.54) is 13.2 Å². The van der Waals surface area contributed by atoms with Crippen LogP contribution >= 0.6 is 0 Å². The van der Waals surface area contributed by atoms with Crippen LogP contribution in [0.15, 0.2) is 36.7 Å². The van der Waals surface area contributed by atoms with E-state index in [1.54, 1.807) is 48.8 Å². The highest BCUT2D eigenvalue weighted by Crippen LogP contribution is 2.42. The van der Waals surface area contributed by atoms with Gasteiger partial charge in [-0.05, 0) is 50.1 Å². The molecular weight excluding hydrogens is 435 g/mol. The normalized spacial score (nSPS) is 17.8. The molecule has 4 rings (SSSR count). The molecule has 6 nitrogen and oxygen atoms in total. The van der Waals surface area contributed by atoms with Crippen molar-refractivity contribution in [3.8, 4) is 28.8 Å². The number of rotatable bonds is 8. The highest BCUT2D eigenvalue weighted by Gasteiger charge is 2.40. The average Bonchev–Trinajstić information content (AvgIpc) is 3.30. The molecule has 0 radical (unpaired) electrons. The molecule has 1 saturated carbocycles. The zero-order valence-corrected chi connectivity index (χ0v) is 18.3. The Hall–Kier alpha value is -3.54. The Bertz CT molecular complexity index is 1260. The summed E-state index contributed by atoms with van der Waals surface area (Å²) in [5.41, 5.74) is 1.48. The van der Waals surface area contributed by atoms with Gasteiger partial charge in [-0.3, -0.25) is 9.20 Å². The highest BCUT2D eigenvalue weighted by atomic mass is 19.3. The summed E-state index contributed by atoms with van der Waals surface area (Å²) in [6.07, 6.45) is 2.42. The van der Waals surface area contributed by atoms with Crippen LogP contribution in [0, 0.1) is 17.2 Å². The number of benzene rings is 1. The molecule has 2 heterocycles. The maximum Gasteiger partial charge on any atom is 0.387 e. The fourth-order valence-corrected chi connectivity index (χ4v) is 3.77. The lowest BCUT2D eigenvalue weighted by Gasteiger charge is -2.17. The van der Waals surface area contributed by atoms with Crippen LogP contribution in [0.2, 0.25) is 0 Å². The van der Waals surface area contributed by atoms with Crippen molar-refractivity contribution in [2.75, 3.05) is 7.11 Å². The quantitative estimate of drug-likeness (QED) is 0.427. The Morgan fingerprint density at radius 2 is 2.03 bits per heavy atom. The first-order chi connectivity index (χ1) is 15.6. The maximum absolute atomic E-state index is 13.3. The third-order valence-electron chi connectivity index (χ3n) is 5.87. The molecule has 33 heavy (non-hydrogen) atoms. The molecule has 1 aromatic carbocycles. The molecular formula is C24H22F3N3O3. The zero-order chi connectivity index (χ0) is 23.9. The second-order valence-corrected chi connectivity index (χ2v) is 8.59. The Kier molecular flexibility index (Phi) is 5.78. The minimum Gasteiger partial charge on any atom is -0.496 e. The second kappa shape index (κ2) is 8.43. The lowest BCUT2D eigenvalue weighted by Crippen LogP contribution is -2.14. The van der Waals surface area contributed by atoms with Crippen molar-refractivity contribution in [3.63, 3.8) is 0 Å². The number of carbonyl (C=O) groups is 1. The Balaban J connectivity index is 1.80. The number of Topliss-reactive ketones (excluding diaryl/α,β-unsaturated/α-hetero) is 1. The standard InChI is InChI=1S/C24H22F3N3O3/c1-24(2,12-28)15-4-5-30-17(11-29-21(30)10-15)14-8-19(32-3)22(20(9-14)33-23(26)27)18(31)7-13-6-16(13)25/h4-5,8-11,13,16,23H,6-7H2,1-3H3/t13-,16-/m0/s1. The van der Waals surface area contributed by atoms with E-state index in [9.17, 15) is 23.2 Å². The summed E-state index contributed by atoms with van der Waals surface area (Å²) in [6, 6.07) is 8.68. The van der Waals surface area contributed by atoms with Crippen molar-refractivity contribution in [3.05, 3.63) is 47.8 Å². The van der Waals surface area contributed by atoms with Crippen molar-refractivity contribution < 1.29 is 27.4 Å². The number of hydrogen-bond acceptors (Lipinski definition) is 5. The number of nitrogens with zero attached hydrogens (tertiary/aromatic N) is 3. The van der Waals surface area contributed by atoms with Crippen LogP contribution in [-0.4, -0.2) is 35.1 Å². The molecule has 1 aliphatic carbocycles. The first-order valence-corrected chi connectivity index (χ1v) is 10.4. The van der Waals surface area contributed by atoms with Crippen molar-refractivity contribution in [2.24, 2.45) is 5.92 Å². The van der Waals surface area contributed by atoms with E-state index >= 15 is 0 Å². The molecule has 0 unspecified atom stereocenters. The number of pyridine rings is 1. The predicted molar refractivity (Wildman–Crippen MR) is 114 cm³/mol. The van der Waals surface area contributed by atoms with E-state index in [0.29, 0.717) is 16.9 Å². The SMILES string of the molecule is COc1cc(-c2cnc3cc(C(C)(C)C#N)ccn23)cc(OC(F)F)c1C(=O)C[C@@H]1C[C@@H]1F. The van der Waals surface area contributed by atoms with Crippen molar-refractivity contribution in [1.82, 2.24) is 9.38 Å². The van der Waals surface area contributed by atoms with E-state index < -0.39 is 29.9 Å². The molecule has 0 spiro atoms. The van der Waals surface area contributed by atoms with Crippen LogP contribution in [0.3, 0.4) is 0 Å². The van der Waals surface area contributed by atoms with Crippen LogP contribution in [0.25, 0.3) is 16.9 Å². The highest BCUT2D eigenvalue weighted by molar-refractivity contribution is 6.02. The lowest BCUT2D eigenvalue weighted by atomic mass is 9.87. The van der Waals surface area contributed by atoms with Gasteiger partial charge in [0, 0.05) is 24.1 Å². The van der Waals surface area contributed by atoms with Gasteiger partial charge in [0.1, 0.15) is 28.9 Å². The topological polar surface area (TPSA) is 76.6 Å². The number of carbonyl (C=O) groups excluding carboxylic acids is 1. The molecule has 9 heteroatoms. The number of aromatic nitrogens is 2. The van der Waals surface area contributed by atoms with E-state index in [-0.39, 0.29) is 29.9 Å². The smallest absolute Gasteiger partial charge is 0.387 e. The summed E-state index contributed by atoms with van der Waals surface area (Å²) in [5, 5.41) is 9.39. The van der Waals surface area contributed by atoms with E-state index in [4.69, 9.17) is 4.74 Å². The predicted octanol–water partition coefficient (Wildman–Crippen LogP) is 5.34. The number of alkyl halides is 3. The number of imidazole rings is 1. The zero-order valence-electron chi connectivity index (χ0n) is 18.3. The molecule has 2 atom stereocenters. The minimum absolute atomic E-state index is 0.0568. The summed E-state index contributed by atoms with van der Waals surface area (Å²) in [6.45, 7) is 0.429. The van der Waals surface area contributed by atoms with Crippen LogP contribution < -0.4 is 9.47 Å². The van der Waals surface area contributed by atoms with Gasteiger partial charge in [-0.15, -0.1) is 0 Å². The van der Waals surface area contributed by atoms with Gasteiger partial charge >= 0.3 is 6.61 Å². The molecule has 3 aromatic rings. The van der Waals surface area contributed by atoms with Gasteiger partial charge < -0.3 is 9.47 Å². The number of ketones is 1. The molecule has 0 saturated heterocycles. The lowest BCUT2D eigenvalue weighted by molar-refractivity contribution is -0.0502. The van der Waals surface area contributed by atoms with Crippen molar-refractivity contribution in [1.29, 1.82) is 5.26 Å². The second-order valence-electron chi connectivity index (χ2n) is 8.59. The first kappa shape index (κ1) is 22.6. The number of halogens is 3. The molecule has 1 aliphatic rings. The van der Waals surface area contributed by atoms with E-state index in [2.05, 4.69) is 15.8 Å². The molecule has 0 bridgehead atoms. The number of hydrogen-bond donors (Lipinski definition) is 0. The summed E-state index contributed by atoms with van der Waals surface area (Å²) >= 11 is 0. The van der Waals surface area contributed by atoms with Crippen molar-refractivity contribution >= 4 is 11.4 Å². The third kappa shape index (κ3) is 4.38. The molecule has 172 valence electrons. The summed E-state index contributed by atoms with van der Waals surface area (Å²) < 4.78 is 51.4. The summed E-state index contributed by atoms with van der Waals surface area (Å²) in [4.78, 5) is 17.2. The monoisotopic (exact) mass is 457 g/mol. The van der Waals surface area contributed by atoms with Gasteiger partial charge in [-0.25, -0.2) is 9.37 Å². The molecule has 2 aromatic heterocycles. The fraction of sp³-hybridized carbons (Fsp3) is 0.375. The largest absolute Gasteiger partial charge is 0.496 e. The fourth-order valence-electron chi connectivity index (χ4n) is 3.77. The Morgan fingerprint density at radius 1 is 1.33 bits per heavy atom. The van der Waals surface area contributed by atoms with Crippen LogP contribution in [-0.2, 0) is 5.41 Å². The van der Waals surface area contributed by atoms with Crippen molar-refractivity contribution in [2.45, 2.75) is 44.9 Å². The minimum atomic E-state index is -3.16. The Morgan fingerprint density at radius 3 is 2.64 bits per heavy atom. The van der Waals surface area contributed by atoms with Crippen LogP contribution in [0.5, 0.6) is 11.5 Å². The van der Waals surface area contributed by atoms with Gasteiger partial charge in [-0.1, -0.05) is 0 Å². The number of ether oxygens (including phenoxy) is 2.